The topological polar surface area (TPSA) is 59.3 Å². The first kappa shape index (κ1) is 18.5. The highest BCUT2D eigenvalue weighted by Crippen LogP contribution is 2.26. The number of thioether (sulfide) groups is 1. The smallest absolute Gasteiger partial charge is 0.225 e. The molecule has 2 heterocycles. The van der Waals surface area contributed by atoms with Crippen LogP contribution in [0.4, 0.5) is 5.69 Å². The fourth-order valence-corrected chi connectivity index (χ4v) is 4.19. The maximum absolute atomic E-state index is 12.4. The molecule has 0 saturated carbocycles. The van der Waals surface area contributed by atoms with E-state index in [2.05, 4.69) is 39.0 Å². The van der Waals surface area contributed by atoms with Gasteiger partial charge in [0.2, 0.25) is 5.91 Å². The van der Waals surface area contributed by atoms with E-state index in [-0.39, 0.29) is 5.91 Å². The van der Waals surface area contributed by atoms with Crippen LogP contribution in [0.15, 0.2) is 53.7 Å². The Morgan fingerprint density at radius 3 is 2.71 bits per heavy atom. The number of nitrogens with one attached hydrogen (secondary N) is 1. The molecule has 0 atom stereocenters. The van der Waals surface area contributed by atoms with Gasteiger partial charge in [-0.15, -0.1) is 10.2 Å². The van der Waals surface area contributed by atoms with Crippen LogP contribution in [0.1, 0.15) is 23.1 Å². The number of aryl methyl sites for hydroxylation is 2. The normalized spacial score (nSPS) is 11.2. The van der Waals surface area contributed by atoms with E-state index in [1.54, 1.807) is 11.8 Å². The van der Waals surface area contributed by atoms with Gasteiger partial charge in [-0.25, -0.2) is 0 Å². The lowest BCUT2D eigenvalue weighted by Gasteiger charge is -2.10. The summed E-state index contributed by atoms with van der Waals surface area (Å²) in [5.74, 6) is 0.649. The van der Waals surface area contributed by atoms with E-state index in [1.807, 2.05) is 50.2 Å². The van der Waals surface area contributed by atoms with Gasteiger partial charge < -0.3 is 5.32 Å². The van der Waals surface area contributed by atoms with Gasteiger partial charge in [-0.2, -0.15) is 0 Å². The van der Waals surface area contributed by atoms with Crippen LogP contribution in [0.3, 0.4) is 0 Å². The van der Waals surface area contributed by atoms with Crippen molar-refractivity contribution in [2.24, 2.45) is 0 Å². The molecule has 1 N–H and O–H groups in total. The van der Waals surface area contributed by atoms with Gasteiger partial charge in [0, 0.05) is 23.2 Å². The number of fused-ring (bicyclic) bond motifs is 3. The van der Waals surface area contributed by atoms with E-state index < -0.39 is 0 Å². The third-order valence-electron chi connectivity index (χ3n) is 5.01. The monoisotopic (exact) mass is 390 g/mol. The maximum Gasteiger partial charge on any atom is 0.225 e. The summed E-state index contributed by atoms with van der Waals surface area (Å²) >= 11 is 1.55. The Labute approximate surface area is 168 Å². The SMILES string of the molecule is Cc1cccc(NC(=O)CCSc2nnc3cc(C)c4ccccc4n23)c1C. The van der Waals surface area contributed by atoms with Crippen molar-refractivity contribution in [3.05, 3.63) is 65.2 Å². The van der Waals surface area contributed by atoms with Crippen molar-refractivity contribution in [1.29, 1.82) is 0 Å². The first-order chi connectivity index (χ1) is 13.5. The quantitative estimate of drug-likeness (QED) is 0.491. The molecule has 5 nitrogen and oxygen atoms in total. The summed E-state index contributed by atoms with van der Waals surface area (Å²) in [5.41, 5.74) is 6.26. The van der Waals surface area contributed by atoms with Crippen molar-refractivity contribution >= 4 is 39.9 Å². The number of hydrogen-bond donors (Lipinski definition) is 1. The Bertz CT molecular complexity index is 1180. The molecule has 0 fully saturated rings. The standard InChI is InChI=1S/C22H22N4OS/c1-14-7-6-9-18(16(14)3)23-21(27)11-12-28-22-25-24-20-13-15(2)17-8-4-5-10-19(17)26(20)22/h4-10,13H,11-12H2,1-3H3,(H,23,27). The van der Waals surface area contributed by atoms with Gasteiger partial charge >= 0.3 is 0 Å². The second-order valence-corrected chi connectivity index (χ2v) is 7.98. The molecule has 142 valence electrons. The lowest BCUT2D eigenvalue weighted by molar-refractivity contribution is -0.115. The molecular weight excluding hydrogens is 368 g/mol. The minimum atomic E-state index is 0.00993. The second kappa shape index (κ2) is 7.64. The Morgan fingerprint density at radius 1 is 1.04 bits per heavy atom. The molecule has 0 unspecified atom stereocenters. The van der Waals surface area contributed by atoms with Crippen molar-refractivity contribution in [2.75, 3.05) is 11.1 Å². The third kappa shape index (κ3) is 3.47. The highest BCUT2D eigenvalue weighted by molar-refractivity contribution is 7.99. The fraction of sp³-hybridized carbons (Fsp3) is 0.227. The molecular formula is C22H22N4OS. The van der Waals surface area contributed by atoms with Gasteiger partial charge in [0.05, 0.1) is 5.52 Å². The number of carbonyl (C=O) groups is 1. The molecule has 0 aliphatic rings. The van der Waals surface area contributed by atoms with Crippen molar-refractivity contribution in [1.82, 2.24) is 14.6 Å². The second-order valence-electron chi connectivity index (χ2n) is 6.91. The van der Waals surface area contributed by atoms with E-state index in [1.165, 1.54) is 16.5 Å². The zero-order chi connectivity index (χ0) is 19.7. The molecule has 0 aliphatic heterocycles. The minimum Gasteiger partial charge on any atom is -0.326 e. The van der Waals surface area contributed by atoms with Crippen LogP contribution in [0, 0.1) is 20.8 Å². The number of amides is 1. The lowest BCUT2D eigenvalue weighted by Crippen LogP contribution is -2.13. The number of carbonyl (C=O) groups excluding carboxylic acids is 1. The number of anilines is 1. The first-order valence-corrected chi connectivity index (χ1v) is 10.3. The molecule has 4 aromatic rings. The van der Waals surface area contributed by atoms with Crippen molar-refractivity contribution in [3.8, 4) is 0 Å². The van der Waals surface area contributed by atoms with Crippen LogP contribution < -0.4 is 5.32 Å². The summed E-state index contributed by atoms with van der Waals surface area (Å²) in [7, 11) is 0. The molecule has 0 bridgehead atoms. The molecule has 28 heavy (non-hydrogen) atoms. The summed E-state index contributed by atoms with van der Waals surface area (Å²) < 4.78 is 2.07. The van der Waals surface area contributed by atoms with E-state index in [0.717, 1.165) is 27.6 Å². The summed E-state index contributed by atoms with van der Waals surface area (Å²) in [6.07, 6.45) is 0.413. The summed E-state index contributed by atoms with van der Waals surface area (Å²) in [5, 5.41) is 13.7. The highest BCUT2D eigenvalue weighted by Gasteiger charge is 2.12. The Hall–Kier alpha value is -2.86. The van der Waals surface area contributed by atoms with Crippen molar-refractivity contribution in [2.45, 2.75) is 32.3 Å². The van der Waals surface area contributed by atoms with Crippen LogP contribution in [0.25, 0.3) is 16.6 Å². The van der Waals surface area contributed by atoms with Crippen LogP contribution in [0.5, 0.6) is 0 Å². The first-order valence-electron chi connectivity index (χ1n) is 9.27. The average molecular weight is 391 g/mol. The summed E-state index contributed by atoms with van der Waals surface area (Å²) in [4.78, 5) is 12.4. The number of hydrogen-bond acceptors (Lipinski definition) is 4. The number of aromatic nitrogens is 3. The van der Waals surface area contributed by atoms with Gasteiger partial charge in [-0.05, 0) is 55.7 Å². The van der Waals surface area contributed by atoms with Crippen LogP contribution in [-0.4, -0.2) is 26.3 Å². The van der Waals surface area contributed by atoms with Crippen LogP contribution in [0.2, 0.25) is 0 Å². The lowest BCUT2D eigenvalue weighted by atomic mass is 10.1. The van der Waals surface area contributed by atoms with Gasteiger partial charge in [0.1, 0.15) is 0 Å². The third-order valence-corrected chi connectivity index (χ3v) is 5.94. The molecule has 0 aliphatic carbocycles. The van der Waals surface area contributed by atoms with E-state index in [9.17, 15) is 4.79 Å². The Kier molecular flexibility index (Phi) is 5.05. The molecule has 1 amide bonds. The maximum atomic E-state index is 12.4. The number of rotatable bonds is 5. The molecule has 4 rings (SSSR count). The van der Waals surface area contributed by atoms with Crippen LogP contribution >= 0.6 is 11.8 Å². The van der Waals surface area contributed by atoms with Crippen molar-refractivity contribution < 1.29 is 4.79 Å². The largest absolute Gasteiger partial charge is 0.326 e. The van der Waals surface area contributed by atoms with Gasteiger partial charge in [0.15, 0.2) is 10.8 Å². The average Bonchev–Trinajstić information content (AvgIpc) is 3.08. The molecule has 6 heteroatoms. The molecule has 2 aromatic heterocycles. The van der Waals surface area contributed by atoms with Gasteiger partial charge in [0.25, 0.3) is 0 Å². The minimum absolute atomic E-state index is 0.00993. The Morgan fingerprint density at radius 2 is 1.86 bits per heavy atom. The zero-order valence-electron chi connectivity index (χ0n) is 16.2. The van der Waals surface area contributed by atoms with Crippen molar-refractivity contribution in [3.63, 3.8) is 0 Å². The predicted molar refractivity (Wildman–Crippen MR) is 115 cm³/mol. The highest BCUT2D eigenvalue weighted by atomic mass is 32.2. The number of para-hydroxylation sites is 1. The Balaban J connectivity index is 1.48. The molecule has 0 radical (unpaired) electrons. The predicted octanol–water partition coefficient (Wildman–Crippen LogP) is 4.93. The number of pyridine rings is 1. The van der Waals surface area contributed by atoms with E-state index in [4.69, 9.17) is 0 Å². The zero-order valence-corrected chi connectivity index (χ0v) is 17.0. The van der Waals surface area contributed by atoms with Gasteiger partial charge in [-0.1, -0.05) is 42.1 Å². The van der Waals surface area contributed by atoms with Crippen LogP contribution in [-0.2, 0) is 4.79 Å². The van der Waals surface area contributed by atoms with Gasteiger partial charge in [-0.3, -0.25) is 9.20 Å². The number of benzene rings is 2. The van der Waals surface area contributed by atoms with E-state index in [0.29, 0.717) is 12.2 Å². The summed E-state index contributed by atoms with van der Waals surface area (Å²) in [6, 6.07) is 16.2. The fourth-order valence-electron chi connectivity index (χ4n) is 3.30. The molecule has 0 saturated heterocycles. The van der Waals surface area contributed by atoms with E-state index >= 15 is 0 Å². The molecule has 2 aromatic carbocycles. The molecule has 0 spiro atoms. The summed E-state index contributed by atoms with van der Waals surface area (Å²) in [6.45, 7) is 6.15. The number of nitrogens with zero attached hydrogens (tertiary/aromatic N) is 3.